The number of ether oxygens (including phenoxy) is 1. The van der Waals surface area contributed by atoms with Crippen molar-refractivity contribution in [3.05, 3.63) is 65.6 Å². The van der Waals surface area contributed by atoms with E-state index >= 15 is 0 Å². The Hall–Kier alpha value is -2.44. The van der Waals surface area contributed by atoms with Gasteiger partial charge in [0.1, 0.15) is 35.5 Å². The Bertz CT molecular complexity index is 1080. The van der Waals surface area contributed by atoms with Gasteiger partial charge in [-0.25, -0.2) is 17.9 Å². The Labute approximate surface area is 185 Å². The predicted octanol–water partition coefficient (Wildman–Crippen LogP) is 2.44. The predicted molar refractivity (Wildman–Crippen MR) is 109 cm³/mol. The van der Waals surface area contributed by atoms with Crippen molar-refractivity contribution in [2.75, 3.05) is 6.61 Å². The normalized spacial score (nSPS) is 25.8. The van der Waals surface area contributed by atoms with Crippen molar-refractivity contribution in [2.24, 2.45) is 0 Å². The van der Waals surface area contributed by atoms with Crippen molar-refractivity contribution in [2.45, 2.75) is 41.6 Å². The first-order chi connectivity index (χ1) is 15.3. The summed E-state index contributed by atoms with van der Waals surface area (Å²) in [6, 6.07) is 7.99. The highest BCUT2D eigenvalue weighted by Gasteiger charge is 2.46. The van der Waals surface area contributed by atoms with Crippen LogP contribution in [0.25, 0.3) is 11.3 Å². The second-order valence-corrected chi connectivity index (χ2v) is 8.64. The first kappa shape index (κ1) is 22.7. The molecule has 0 aliphatic carbocycles. The maximum absolute atomic E-state index is 13.6. The first-order valence-electron chi connectivity index (χ1n) is 9.71. The Morgan fingerprint density at radius 2 is 1.72 bits per heavy atom. The van der Waals surface area contributed by atoms with E-state index in [0.717, 1.165) is 27.3 Å². The highest BCUT2D eigenvalue weighted by atomic mass is 32.2. The molecule has 3 N–H and O–H groups in total. The molecule has 0 bridgehead atoms. The minimum Gasteiger partial charge on any atom is -0.394 e. The van der Waals surface area contributed by atoms with Crippen molar-refractivity contribution in [3.63, 3.8) is 0 Å². The van der Waals surface area contributed by atoms with E-state index in [1.54, 1.807) is 0 Å². The van der Waals surface area contributed by atoms with E-state index in [0.29, 0.717) is 0 Å². The molecule has 1 aromatic heterocycles. The summed E-state index contributed by atoms with van der Waals surface area (Å²) in [5.74, 6) is -4.36. The molecule has 1 aliphatic rings. The van der Waals surface area contributed by atoms with Crippen molar-refractivity contribution in [1.29, 1.82) is 0 Å². The van der Waals surface area contributed by atoms with Crippen LogP contribution in [0.2, 0.25) is 0 Å². The SMILES string of the molecule is Cc1ccc(SC2OC(CO)C(O)C(n3cc(-c4cc(F)c(F)c(F)c4)nn3)C2O)cc1. The zero-order chi connectivity index (χ0) is 23.0. The lowest BCUT2D eigenvalue weighted by atomic mass is 9.97. The molecule has 5 unspecified atom stereocenters. The maximum Gasteiger partial charge on any atom is 0.194 e. The third-order valence-electron chi connectivity index (χ3n) is 5.22. The molecule has 5 atom stereocenters. The number of nitrogens with zero attached hydrogens (tertiary/aromatic N) is 3. The number of aryl methyl sites for hydroxylation is 1. The second-order valence-electron chi connectivity index (χ2n) is 7.47. The van der Waals surface area contributed by atoms with E-state index in [1.165, 1.54) is 18.0 Å². The van der Waals surface area contributed by atoms with Gasteiger partial charge in [-0.3, -0.25) is 0 Å². The first-order valence-corrected chi connectivity index (χ1v) is 10.6. The van der Waals surface area contributed by atoms with Crippen LogP contribution in [0.1, 0.15) is 11.6 Å². The number of thioether (sulfide) groups is 1. The molecule has 170 valence electrons. The van der Waals surface area contributed by atoms with Crippen LogP contribution in [0.4, 0.5) is 13.2 Å². The Morgan fingerprint density at radius 1 is 1.06 bits per heavy atom. The van der Waals surface area contributed by atoms with E-state index in [9.17, 15) is 28.5 Å². The Morgan fingerprint density at radius 3 is 2.34 bits per heavy atom. The summed E-state index contributed by atoms with van der Waals surface area (Å²) in [4.78, 5) is 0.808. The summed E-state index contributed by atoms with van der Waals surface area (Å²) < 4.78 is 47.3. The average molecular weight is 467 g/mol. The van der Waals surface area contributed by atoms with Gasteiger partial charge < -0.3 is 20.1 Å². The van der Waals surface area contributed by atoms with Crippen molar-refractivity contribution < 1.29 is 33.2 Å². The fourth-order valence-electron chi connectivity index (χ4n) is 3.49. The molecule has 3 aromatic rings. The zero-order valence-corrected chi connectivity index (χ0v) is 17.6. The lowest BCUT2D eigenvalue weighted by molar-refractivity contribution is -0.178. The lowest BCUT2D eigenvalue weighted by Gasteiger charge is -2.41. The lowest BCUT2D eigenvalue weighted by Crippen LogP contribution is -2.55. The number of aliphatic hydroxyl groups is 3. The van der Waals surface area contributed by atoms with Crippen LogP contribution in [-0.2, 0) is 4.74 Å². The zero-order valence-electron chi connectivity index (χ0n) is 16.8. The summed E-state index contributed by atoms with van der Waals surface area (Å²) in [6.45, 7) is 1.43. The molecule has 1 saturated heterocycles. The summed E-state index contributed by atoms with van der Waals surface area (Å²) >= 11 is 1.21. The van der Waals surface area contributed by atoms with E-state index < -0.39 is 53.8 Å². The average Bonchev–Trinajstić information content (AvgIpc) is 3.25. The van der Waals surface area contributed by atoms with Gasteiger partial charge in [0.15, 0.2) is 17.5 Å². The highest BCUT2D eigenvalue weighted by molar-refractivity contribution is 7.99. The van der Waals surface area contributed by atoms with Crippen molar-refractivity contribution >= 4 is 11.8 Å². The monoisotopic (exact) mass is 467 g/mol. The van der Waals surface area contributed by atoms with Crippen molar-refractivity contribution in [3.8, 4) is 11.3 Å². The van der Waals surface area contributed by atoms with Crippen LogP contribution >= 0.6 is 11.8 Å². The molecule has 1 fully saturated rings. The van der Waals surface area contributed by atoms with Gasteiger partial charge in [0, 0.05) is 10.5 Å². The number of benzene rings is 2. The molecule has 2 heterocycles. The summed E-state index contributed by atoms with van der Waals surface area (Å²) in [6.07, 6.45) is -2.35. The van der Waals surface area contributed by atoms with Gasteiger partial charge in [-0.1, -0.05) is 34.7 Å². The van der Waals surface area contributed by atoms with Crippen LogP contribution in [0, 0.1) is 24.4 Å². The molecule has 2 aromatic carbocycles. The van der Waals surface area contributed by atoms with Gasteiger partial charge in [0.05, 0.1) is 12.8 Å². The second kappa shape index (κ2) is 9.20. The smallest absolute Gasteiger partial charge is 0.194 e. The quantitative estimate of drug-likeness (QED) is 0.496. The largest absolute Gasteiger partial charge is 0.394 e. The van der Waals surface area contributed by atoms with E-state index in [4.69, 9.17) is 4.74 Å². The minimum atomic E-state index is -1.60. The molecule has 4 rings (SSSR count). The number of aromatic nitrogens is 3. The fraction of sp³-hybridized carbons (Fsp3) is 0.333. The van der Waals surface area contributed by atoms with E-state index in [2.05, 4.69) is 10.3 Å². The van der Waals surface area contributed by atoms with Gasteiger partial charge in [-0.05, 0) is 31.2 Å². The Kier molecular flexibility index (Phi) is 6.54. The number of aliphatic hydroxyl groups excluding tert-OH is 3. The molecule has 7 nitrogen and oxygen atoms in total. The highest BCUT2D eigenvalue weighted by Crippen LogP contribution is 2.38. The van der Waals surface area contributed by atoms with Crippen LogP contribution in [0.5, 0.6) is 0 Å². The molecular weight excluding hydrogens is 447 g/mol. The van der Waals surface area contributed by atoms with Crippen molar-refractivity contribution in [1.82, 2.24) is 15.0 Å². The van der Waals surface area contributed by atoms with Gasteiger partial charge in [-0.2, -0.15) is 0 Å². The summed E-state index contributed by atoms with van der Waals surface area (Å²) in [7, 11) is 0. The maximum atomic E-state index is 13.6. The van der Waals surface area contributed by atoms with Crippen LogP contribution in [-0.4, -0.2) is 60.7 Å². The molecule has 32 heavy (non-hydrogen) atoms. The summed E-state index contributed by atoms with van der Waals surface area (Å²) in [5.41, 5.74) is 0.159. The van der Waals surface area contributed by atoms with Gasteiger partial charge in [0.2, 0.25) is 0 Å². The molecule has 0 saturated carbocycles. The van der Waals surface area contributed by atoms with E-state index in [1.807, 2.05) is 31.2 Å². The number of hydrogen-bond donors (Lipinski definition) is 3. The third kappa shape index (κ3) is 4.39. The number of halogens is 3. The van der Waals surface area contributed by atoms with Gasteiger partial charge >= 0.3 is 0 Å². The molecule has 11 heteroatoms. The molecule has 1 aliphatic heterocycles. The van der Waals surface area contributed by atoms with Crippen LogP contribution in [0.3, 0.4) is 0 Å². The number of hydrogen-bond acceptors (Lipinski definition) is 7. The standard InChI is InChI=1S/C21H20F3N3O4S/c1-10-2-4-12(5-3-10)32-21-20(30)18(19(29)16(9-28)31-21)27-8-15(25-26-27)11-6-13(22)17(24)14(23)7-11/h2-8,16,18-21,28-30H,9H2,1H3. The topological polar surface area (TPSA) is 101 Å². The fourth-order valence-corrected chi connectivity index (χ4v) is 4.55. The number of rotatable bonds is 5. The summed E-state index contributed by atoms with van der Waals surface area (Å²) in [5, 5.41) is 39.0. The van der Waals surface area contributed by atoms with Crippen LogP contribution < -0.4 is 0 Å². The molecular formula is C21H20F3N3O4S. The van der Waals surface area contributed by atoms with Gasteiger partial charge in [0.25, 0.3) is 0 Å². The van der Waals surface area contributed by atoms with Crippen LogP contribution in [0.15, 0.2) is 47.5 Å². The molecule has 0 spiro atoms. The molecule has 0 amide bonds. The Balaban J connectivity index is 1.63. The third-order valence-corrected chi connectivity index (χ3v) is 6.38. The minimum absolute atomic E-state index is 0.0111. The van der Waals surface area contributed by atoms with E-state index in [-0.39, 0.29) is 11.3 Å². The van der Waals surface area contributed by atoms with Gasteiger partial charge in [-0.15, -0.1) is 5.10 Å². The molecule has 0 radical (unpaired) electrons.